The van der Waals surface area contributed by atoms with Crippen molar-refractivity contribution in [1.82, 2.24) is 15.5 Å². The Kier molecular flexibility index (Phi) is 9.85. The first-order valence-corrected chi connectivity index (χ1v) is 9.00. The molecule has 1 heterocycles. The highest BCUT2D eigenvalue weighted by atomic mass is 127. The molecule has 1 fully saturated rings. The van der Waals surface area contributed by atoms with Gasteiger partial charge in [-0.25, -0.2) is 0 Å². The molecule has 1 atom stereocenters. The summed E-state index contributed by atoms with van der Waals surface area (Å²) in [5, 5.41) is 6.76. The number of benzene rings is 1. The lowest BCUT2D eigenvalue weighted by atomic mass is 10.1. The summed E-state index contributed by atoms with van der Waals surface area (Å²) in [5.41, 5.74) is 2.59. The summed E-state index contributed by atoms with van der Waals surface area (Å²) < 4.78 is 0. The second-order valence-electron chi connectivity index (χ2n) is 6.32. The van der Waals surface area contributed by atoms with Gasteiger partial charge in [-0.1, -0.05) is 36.8 Å². The number of guanidine groups is 1. The number of carbonyl (C=O) groups is 1. The van der Waals surface area contributed by atoms with Crippen molar-refractivity contribution in [1.29, 1.82) is 0 Å². The fourth-order valence-electron chi connectivity index (χ4n) is 2.89. The lowest BCUT2D eigenvalue weighted by Crippen LogP contribution is -2.45. The molecule has 5 nitrogen and oxygen atoms in total. The third-order valence-electron chi connectivity index (χ3n) is 4.32. The summed E-state index contributed by atoms with van der Waals surface area (Å²) >= 11 is 0. The molecule has 0 radical (unpaired) electrons. The monoisotopic (exact) mass is 458 g/mol. The van der Waals surface area contributed by atoms with Crippen molar-refractivity contribution in [3.8, 4) is 0 Å². The van der Waals surface area contributed by atoms with Gasteiger partial charge >= 0.3 is 0 Å². The van der Waals surface area contributed by atoms with E-state index < -0.39 is 0 Å². The van der Waals surface area contributed by atoms with E-state index in [2.05, 4.69) is 53.7 Å². The molecule has 6 heteroatoms. The highest BCUT2D eigenvalue weighted by Crippen LogP contribution is 2.10. The van der Waals surface area contributed by atoms with Gasteiger partial charge in [-0.05, 0) is 32.3 Å². The third kappa shape index (κ3) is 7.22. The number of nitrogens with zero attached hydrogens (tertiary/aromatic N) is 2. The lowest BCUT2D eigenvalue weighted by Gasteiger charge is -2.18. The summed E-state index contributed by atoms with van der Waals surface area (Å²) in [7, 11) is 0. The first-order valence-electron chi connectivity index (χ1n) is 9.00. The minimum absolute atomic E-state index is 0. The second kappa shape index (κ2) is 11.3. The molecule has 1 aliphatic heterocycles. The zero-order valence-corrected chi connectivity index (χ0v) is 17.9. The van der Waals surface area contributed by atoms with Gasteiger partial charge in [0, 0.05) is 38.6 Å². The van der Waals surface area contributed by atoms with Crippen LogP contribution in [0, 0.1) is 6.92 Å². The molecule has 0 spiro atoms. The molecule has 1 aromatic carbocycles. The maximum absolute atomic E-state index is 11.8. The molecule has 0 aliphatic carbocycles. The Labute approximate surface area is 168 Å². The second-order valence-corrected chi connectivity index (χ2v) is 6.32. The third-order valence-corrected chi connectivity index (χ3v) is 4.32. The molecular formula is C19H31IN4O. The molecule has 140 valence electrons. The molecule has 2 rings (SSSR count). The van der Waals surface area contributed by atoms with Gasteiger partial charge in [0.1, 0.15) is 0 Å². The maximum atomic E-state index is 11.8. The molecule has 1 saturated heterocycles. The number of hydrogen-bond donors (Lipinski definition) is 2. The molecule has 1 aromatic rings. The fraction of sp³-hybridized carbons (Fsp3) is 0.579. The first kappa shape index (κ1) is 21.7. The van der Waals surface area contributed by atoms with Gasteiger partial charge in [-0.2, -0.15) is 0 Å². The van der Waals surface area contributed by atoms with Crippen LogP contribution in [0.15, 0.2) is 29.3 Å². The molecule has 0 aromatic heterocycles. The average Bonchev–Trinajstić information content (AvgIpc) is 3.04. The predicted molar refractivity (Wildman–Crippen MR) is 115 cm³/mol. The highest BCUT2D eigenvalue weighted by molar-refractivity contribution is 14.0. The van der Waals surface area contributed by atoms with Gasteiger partial charge in [0.2, 0.25) is 5.91 Å². The van der Waals surface area contributed by atoms with Crippen molar-refractivity contribution >= 4 is 35.8 Å². The topological polar surface area (TPSA) is 56.7 Å². The number of amides is 1. The van der Waals surface area contributed by atoms with Crippen LogP contribution in [0.25, 0.3) is 0 Å². The van der Waals surface area contributed by atoms with Crippen LogP contribution in [-0.4, -0.2) is 49.0 Å². The van der Waals surface area contributed by atoms with Crippen LogP contribution < -0.4 is 10.6 Å². The van der Waals surface area contributed by atoms with E-state index in [1.165, 1.54) is 11.1 Å². The van der Waals surface area contributed by atoms with Gasteiger partial charge in [-0.3, -0.25) is 9.79 Å². The zero-order valence-electron chi connectivity index (χ0n) is 15.5. The van der Waals surface area contributed by atoms with Crippen molar-refractivity contribution in [3.05, 3.63) is 35.4 Å². The zero-order chi connectivity index (χ0) is 17.4. The van der Waals surface area contributed by atoms with E-state index in [1.807, 2.05) is 11.8 Å². The number of halogens is 1. The minimum Gasteiger partial charge on any atom is -0.357 e. The Morgan fingerprint density at radius 2 is 2.00 bits per heavy atom. The predicted octanol–water partition coefficient (Wildman–Crippen LogP) is 2.72. The first-order chi connectivity index (χ1) is 11.6. The van der Waals surface area contributed by atoms with Crippen molar-refractivity contribution in [2.45, 2.75) is 46.1 Å². The Balaban J connectivity index is 0.00000312. The molecular weight excluding hydrogens is 427 g/mol. The highest BCUT2D eigenvalue weighted by Gasteiger charge is 2.25. The van der Waals surface area contributed by atoms with Crippen LogP contribution in [0.1, 0.15) is 37.8 Å². The van der Waals surface area contributed by atoms with E-state index >= 15 is 0 Å². The standard InChI is InChI=1S/C19H30N4O.HI/c1-4-18(24)23-13-11-17(14-23)22-19(20-5-2)21-12-10-16-8-6-15(3)7-9-16;/h6-9,17H,4-5,10-14H2,1-3H3,(H2,20,21,22);1H. The van der Waals surface area contributed by atoms with E-state index in [9.17, 15) is 4.79 Å². The number of carbonyl (C=O) groups excluding carboxylic acids is 1. The van der Waals surface area contributed by atoms with Crippen LogP contribution >= 0.6 is 24.0 Å². The SMILES string of the molecule is CCNC(=NCCc1ccc(C)cc1)NC1CCN(C(=O)CC)C1.I. The summed E-state index contributed by atoms with van der Waals surface area (Å²) in [6, 6.07) is 8.89. The normalized spacial score (nSPS) is 17.2. The smallest absolute Gasteiger partial charge is 0.222 e. The van der Waals surface area contributed by atoms with Gasteiger partial charge in [-0.15, -0.1) is 24.0 Å². The Hall–Kier alpha value is -1.31. The maximum Gasteiger partial charge on any atom is 0.222 e. The van der Waals surface area contributed by atoms with Crippen LogP contribution in [0.4, 0.5) is 0 Å². The number of nitrogens with one attached hydrogen (secondary N) is 2. The van der Waals surface area contributed by atoms with E-state index in [0.717, 1.165) is 45.0 Å². The number of aliphatic imine (C=N–C) groups is 1. The van der Waals surface area contributed by atoms with Gasteiger partial charge in [0.15, 0.2) is 5.96 Å². The summed E-state index contributed by atoms with van der Waals surface area (Å²) in [4.78, 5) is 18.4. The molecule has 1 unspecified atom stereocenters. The average molecular weight is 458 g/mol. The summed E-state index contributed by atoms with van der Waals surface area (Å²) in [6.45, 7) is 9.29. The van der Waals surface area contributed by atoms with Crippen LogP contribution in [0.5, 0.6) is 0 Å². The summed E-state index contributed by atoms with van der Waals surface area (Å²) in [6.07, 6.45) is 2.49. The Bertz CT molecular complexity index is 559. The lowest BCUT2D eigenvalue weighted by molar-refractivity contribution is -0.129. The molecule has 0 bridgehead atoms. The molecule has 2 N–H and O–H groups in total. The molecule has 0 saturated carbocycles. The van der Waals surface area contributed by atoms with Crippen LogP contribution in [-0.2, 0) is 11.2 Å². The molecule has 1 amide bonds. The van der Waals surface area contributed by atoms with Gasteiger partial charge in [0.05, 0.1) is 0 Å². The molecule has 25 heavy (non-hydrogen) atoms. The number of aryl methyl sites for hydroxylation is 1. The van der Waals surface area contributed by atoms with Crippen molar-refractivity contribution < 1.29 is 4.79 Å². The van der Waals surface area contributed by atoms with Crippen molar-refractivity contribution in [2.75, 3.05) is 26.2 Å². The Morgan fingerprint density at radius 1 is 1.28 bits per heavy atom. The number of hydrogen-bond acceptors (Lipinski definition) is 2. The Morgan fingerprint density at radius 3 is 2.64 bits per heavy atom. The van der Waals surface area contributed by atoms with Gasteiger partial charge in [0.25, 0.3) is 0 Å². The fourth-order valence-corrected chi connectivity index (χ4v) is 2.89. The van der Waals surface area contributed by atoms with E-state index in [4.69, 9.17) is 0 Å². The quantitative estimate of drug-likeness (QED) is 0.392. The van der Waals surface area contributed by atoms with Gasteiger partial charge < -0.3 is 15.5 Å². The van der Waals surface area contributed by atoms with Crippen molar-refractivity contribution in [3.63, 3.8) is 0 Å². The minimum atomic E-state index is 0. The van der Waals surface area contributed by atoms with Crippen molar-refractivity contribution in [2.24, 2.45) is 4.99 Å². The van der Waals surface area contributed by atoms with Crippen LogP contribution in [0.3, 0.4) is 0 Å². The number of likely N-dealkylation sites (tertiary alicyclic amines) is 1. The summed E-state index contributed by atoms with van der Waals surface area (Å²) in [5.74, 6) is 1.08. The van der Waals surface area contributed by atoms with E-state index in [0.29, 0.717) is 6.42 Å². The van der Waals surface area contributed by atoms with E-state index in [1.54, 1.807) is 0 Å². The van der Waals surface area contributed by atoms with Crippen LogP contribution in [0.2, 0.25) is 0 Å². The number of rotatable bonds is 6. The molecule has 1 aliphatic rings. The largest absolute Gasteiger partial charge is 0.357 e. The van der Waals surface area contributed by atoms with E-state index in [-0.39, 0.29) is 35.9 Å².